The van der Waals surface area contributed by atoms with Crippen molar-refractivity contribution >= 4 is 5.97 Å². The molecule has 0 aliphatic carbocycles. The van der Waals surface area contributed by atoms with Gasteiger partial charge in [-0.15, -0.1) is 0 Å². The number of unbranched alkanes of at least 4 members (excludes halogenated alkanes) is 8. The summed E-state index contributed by atoms with van der Waals surface area (Å²) in [5.74, 6) is -0.141. The van der Waals surface area contributed by atoms with Crippen molar-refractivity contribution in [2.24, 2.45) is 5.92 Å². The fourth-order valence-corrected chi connectivity index (χ4v) is 2.77. The van der Waals surface area contributed by atoms with Gasteiger partial charge in [-0.05, 0) is 13.3 Å². The van der Waals surface area contributed by atoms with E-state index in [0.717, 1.165) is 12.8 Å². The molecule has 20 heavy (non-hydrogen) atoms. The first kappa shape index (κ1) is 17.5. The Kier molecular flexibility index (Phi) is 8.92. The molecule has 1 saturated heterocycles. The zero-order valence-corrected chi connectivity index (χ0v) is 13.3. The lowest BCUT2D eigenvalue weighted by Gasteiger charge is -2.33. The molecule has 1 aliphatic rings. The molecule has 118 valence electrons. The Labute approximate surface area is 124 Å². The maximum Gasteiger partial charge on any atom is 0.312 e. The number of aliphatic hydroxyl groups is 1. The van der Waals surface area contributed by atoms with Crippen LogP contribution in [0.1, 0.15) is 84.5 Å². The van der Waals surface area contributed by atoms with Crippen molar-refractivity contribution < 1.29 is 14.6 Å². The van der Waals surface area contributed by atoms with E-state index in [0.29, 0.717) is 6.42 Å². The second kappa shape index (κ2) is 10.2. The number of ether oxygens (including phenoxy) is 1. The van der Waals surface area contributed by atoms with E-state index in [2.05, 4.69) is 6.92 Å². The molecule has 0 amide bonds. The van der Waals surface area contributed by atoms with Gasteiger partial charge in [0.2, 0.25) is 0 Å². The molecule has 1 fully saturated rings. The minimum atomic E-state index is -0.305. The van der Waals surface area contributed by atoms with Gasteiger partial charge in [-0.2, -0.15) is 0 Å². The van der Waals surface area contributed by atoms with Crippen LogP contribution in [0.5, 0.6) is 0 Å². The predicted octanol–water partition coefficient (Wildman–Crippen LogP) is 4.22. The molecule has 0 radical (unpaired) electrons. The largest absolute Gasteiger partial charge is 0.461 e. The number of rotatable bonds is 12. The molecule has 1 aliphatic heterocycles. The van der Waals surface area contributed by atoms with E-state index in [4.69, 9.17) is 4.74 Å². The van der Waals surface area contributed by atoms with Crippen LogP contribution in [0.15, 0.2) is 0 Å². The lowest BCUT2D eigenvalue weighted by Crippen LogP contribution is -2.44. The van der Waals surface area contributed by atoms with E-state index < -0.39 is 0 Å². The van der Waals surface area contributed by atoms with Crippen molar-refractivity contribution in [2.75, 3.05) is 0 Å². The number of esters is 1. The van der Waals surface area contributed by atoms with Crippen LogP contribution in [0, 0.1) is 5.92 Å². The maximum absolute atomic E-state index is 10.9. The molecule has 0 aromatic heterocycles. The van der Waals surface area contributed by atoms with Crippen molar-refractivity contribution in [3.63, 3.8) is 0 Å². The predicted molar refractivity (Wildman–Crippen MR) is 81.5 cm³/mol. The molecule has 2 unspecified atom stereocenters. The molecule has 3 nitrogen and oxygen atoms in total. The Balaban J connectivity index is 1.85. The number of hydrogen-bond acceptors (Lipinski definition) is 3. The van der Waals surface area contributed by atoms with Gasteiger partial charge in [0.25, 0.3) is 0 Å². The van der Waals surface area contributed by atoms with Crippen molar-refractivity contribution in [1.29, 1.82) is 0 Å². The van der Waals surface area contributed by atoms with Crippen molar-refractivity contribution in [1.82, 2.24) is 0 Å². The van der Waals surface area contributed by atoms with Crippen molar-refractivity contribution in [3.05, 3.63) is 0 Å². The minimum Gasteiger partial charge on any atom is -0.461 e. The molecule has 0 bridgehead atoms. The fraction of sp³-hybridized carbons (Fsp3) is 0.941. The second-order valence-corrected chi connectivity index (χ2v) is 6.27. The SMILES string of the molecule is CCCCCCCCCCC[C@@H](O)CC1OC(=O)C1C. The van der Waals surface area contributed by atoms with Crippen LogP contribution in [0.25, 0.3) is 0 Å². The molecular weight excluding hydrogens is 252 g/mol. The number of cyclic esters (lactones) is 1. The summed E-state index contributed by atoms with van der Waals surface area (Å²) in [6.45, 7) is 4.12. The topological polar surface area (TPSA) is 46.5 Å². The zero-order valence-electron chi connectivity index (χ0n) is 13.3. The monoisotopic (exact) mass is 284 g/mol. The smallest absolute Gasteiger partial charge is 0.312 e. The highest BCUT2D eigenvalue weighted by Gasteiger charge is 2.39. The summed E-state index contributed by atoms with van der Waals surface area (Å²) in [7, 11) is 0. The Morgan fingerprint density at radius 3 is 2.10 bits per heavy atom. The first-order chi connectivity index (χ1) is 9.65. The van der Waals surface area contributed by atoms with Crippen LogP contribution in [-0.2, 0) is 9.53 Å². The quantitative estimate of drug-likeness (QED) is 0.431. The van der Waals surface area contributed by atoms with Crippen LogP contribution in [0.4, 0.5) is 0 Å². The Morgan fingerprint density at radius 2 is 1.60 bits per heavy atom. The molecule has 0 spiro atoms. The number of aliphatic hydroxyl groups excluding tert-OH is 1. The van der Waals surface area contributed by atoms with Gasteiger partial charge in [-0.1, -0.05) is 64.7 Å². The Morgan fingerprint density at radius 1 is 1.05 bits per heavy atom. The van der Waals surface area contributed by atoms with E-state index in [-0.39, 0.29) is 24.1 Å². The van der Waals surface area contributed by atoms with E-state index in [1.54, 1.807) is 0 Å². The molecule has 3 atom stereocenters. The number of hydrogen-bond donors (Lipinski definition) is 1. The van der Waals surface area contributed by atoms with Crippen molar-refractivity contribution in [3.8, 4) is 0 Å². The van der Waals surface area contributed by atoms with Gasteiger partial charge in [0.1, 0.15) is 6.10 Å². The molecule has 1 heterocycles. The third-order valence-corrected chi connectivity index (χ3v) is 4.34. The summed E-state index contributed by atoms with van der Waals surface area (Å²) >= 11 is 0. The van der Waals surface area contributed by atoms with Gasteiger partial charge in [-0.3, -0.25) is 4.79 Å². The normalized spacial score (nSPS) is 23.2. The van der Waals surface area contributed by atoms with Crippen molar-refractivity contribution in [2.45, 2.75) is 96.7 Å². The highest BCUT2D eigenvalue weighted by molar-refractivity contribution is 5.77. The summed E-state index contributed by atoms with van der Waals surface area (Å²) in [6.07, 6.45) is 12.8. The number of carbonyl (C=O) groups excluding carboxylic acids is 1. The Hall–Kier alpha value is -0.570. The van der Waals surface area contributed by atoms with Crippen LogP contribution in [0.2, 0.25) is 0 Å². The van der Waals surface area contributed by atoms with E-state index in [1.807, 2.05) is 6.92 Å². The van der Waals surface area contributed by atoms with Gasteiger partial charge in [-0.25, -0.2) is 0 Å². The minimum absolute atomic E-state index is 0.0206. The van der Waals surface area contributed by atoms with Crippen LogP contribution >= 0.6 is 0 Å². The molecule has 0 saturated carbocycles. The van der Waals surface area contributed by atoms with Crippen LogP contribution in [-0.4, -0.2) is 23.3 Å². The summed E-state index contributed by atoms with van der Waals surface area (Å²) in [5.41, 5.74) is 0. The first-order valence-corrected chi connectivity index (χ1v) is 8.53. The average molecular weight is 284 g/mol. The molecule has 0 aromatic carbocycles. The lowest BCUT2D eigenvalue weighted by atomic mass is 9.92. The third kappa shape index (κ3) is 6.74. The highest BCUT2D eigenvalue weighted by atomic mass is 16.6. The molecule has 3 heteroatoms. The Bertz CT molecular complexity index is 265. The first-order valence-electron chi connectivity index (χ1n) is 8.53. The van der Waals surface area contributed by atoms with Crippen LogP contribution < -0.4 is 0 Å². The second-order valence-electron chi connectivity index (χ2n) is 6.27. The van der Waals surface area contributed by atoms with Gasteiger partial charge >= 0.3 is 5.97 Å². The zero-order chi connectivity index (χ0) is 14.8. The standard InChI is InChI=1S/C17H32O3/c1-3-4-5-6-7-8-9-10-11-12-15(18)13-16-14(2)17(19)20-16/h14-16,18H,3-13H2,1-2H3/t14?,15-,16?/m1/s1. The van der Waals surface area contributed by atoms with Gasteiger partial charge in [0.15, 0.2) is 0 Å². The maximum atomic E-state index is 10.9. The van der Waals surface area contributed by atoms with Gasteiger partial charge in [0, 0.05) is 6.42 Å². The third-order valence-electron chi connectivity index (χ3n) is 4.34. The molecule has 1 N–H and O–H groups in total. The van der Waals surface area contributed by atoms with Crippen LogP contribution in [0.3, 0.4) is 0 Å². The highest BCUT2D eigenvalue weighted by Crippen LogP contribution is 2.26. The fourth-order valence-electron chi connectivity index (χ4n) is 2.77. The van der Waals surface area contributed by atoms with E-state index in [9.17, 15) is 9.90 Å². The van der Waals surface area contributed by atoms with E-state index >= 15 is 0 Å². The van der Waals surface area contributed by atoms with Gasteiger partial charge < -0.3 is 9.84 Å². The molecule has 1 rings (SSSR count). The van der Waals surface area contributed by atoms with Gasteiger partial charge in [0.05, 0.1) is 12.0 Å². The number of carbonyl (C=O) groups is 1. The summed E-state index contributed by atoms with van der Waals surface area (Å²) < 4.78 is 5.01. The average Bonchev–Trinajstić information content (AvgIpc) is 2.45. The lowest BCUT2D eigenvalue weighted by molar-refractivity contribution is -0.185. The summed E-state index contributed by atoms with van der Waals surface area (Å²) in [6, 6.07) is 0. The molecular formula is C17H32O3. The van der Waals surface area contributed by atoms with E-state index in [1.165, 1.54) is 51.4 Å². The summed E-state index contributed by atoms with van der Waals surface area (Å²) in [5, 5.41) is 9.90. The molecule has 0 aromatic rings. The summed E-state index contributed by atoms with van der Waals surface area (Å²) in [4.78, 5) is 10.9.